The first-order valence-electron chi connectivity index (χ1n) is 7.49. The molecule has 30 heavy (non-hydrogen) atoms. The van der Waals surface area contributed by atoms with E-state index in [1.165, 1.54) is 12.1 Å². The summed E-state index contributed by atoms with van der Waals surface area (Å²) in [5.74, 6) is 0. The summed E-state index contributed by atoms with van der Waals surface area (Å²) in [4.78, 5) is 12.7. The Kier molecular flexibility index (Phi) is 6.09. The lowest BCUT2D eigenvalue weighted by Crippen LogP contribution is -2.55. The van der Waals surface area contributed by atoms with E-state index in [1.807, 2.05) is 0 Å². The molecule has 2 aromatic rings. The molecule has 0 radical (unpaired) electrons. The van der Waals surface area contributed by atoms with Crippen LogP contribution in [0.15, 0.2) is 60.7 Å². The van der Waals surface area contributed by atoms with Crippen molar-refractivity contribution in [3.8, 4) is 0 Å². The number of nitrogens with zero attached hydrogens (tertiary/aromatic N) is 2. The van der Waals surface area contributed by atoms with Gasteiger partial charge in [0.2, 0.25) is 0 Å². The number of amides is 2. The Bertz CT molecular complexity index is 1030. The van der Waals surface area contributed by atoms with E-state index >= 15 is 0 Å². The fourth-order valence-electron chi connectivity index (χ4n) is 2.12. The van der Waals surface area contributed by atoms with Gasteiger partial charge in [-0.25, -0.2) is 4.79 Å². The monoisotopic (exact) mass is 476 g/mol. The third-order valence-electron chi connectivity index (χ3n) is 3.39. The summed E-state index contributed by atoms with van der Waals surface area (Å²) >= 11 is 0. The second kappa shape index (κ2) is 7.79. The second-order valence-corrected chi connectivity index (χ2v) is 8.94. The van der Waals surface area contributed by atoms with Crippen LogP contribution in [0, 0.1) is 0 Å². The number of hydrogen-bond donors (Lipinski definition) is 0. The molecule has 0 saturated carbocycles. The second-order valence-electron chi connectivity index (χ2n) is 5.38. The molecule has 0 aliphatic carbocycles. The highest BCUT2D eigenvalue weighted by molar-refractivity contribution is 7.96. The maximum atomic E-state index is 13.2. The smallest absolute Gasteiger partial charge is 0.245 e. The van der Waals surface area contributed by atoms with Crippen molar-refractivity contribution in [3.63, 3.8) is 0 Å². The molecule has 2 aromatic carbocycles. The molecule has 7 nitrogen and oxygen atoms in total. The predicted molar refractivity (Wildman–Crippen MR) is 93.2 cm³/mol. The average Bonchev–Trinajstić information content (AvgIpc) is 2.61. The van der Waals surface area contributed by atoms with E-state index in [-0.39, 0.29) is 0 Å². The van der Waals surface area contributed by atoms with Crippen LogP contribution in [-0.4, -0.2) is 33.9 Å². The number of sulfonamides is 2. The van der Waals surface area contributed by atoms with Crippen LogP contribution in [0.2, 0.25) is 0 Å². The number of carbonyl (C=O) groups excluding carboxylic acids is 1. The van der Waals surface area contributed by atoms with Crippen molar-refractivity contribution in [2.24, 2.45) is 0 Å². The summed E-state index contributed by atoms with van der Waals surface area (Å²) in [5.41, 5.74) is -14.3. The molecule has 0 aliphatic heterocycles. The lowest BCUT2D eigenvalue weighted by Gasteiger charge is -2.30. The lowest BCUT2D eigenvalue weighted by molar-refractivity contribution is -0.0437. The first kappa shape index (κ1) is 23.5. The van der Waals surface area contributed by atoms with Gasteiger partial charge in [-0.2, -0.15) is 51.8 Å². The number of rotatable bonds is 4. The highest BCUT2D eigenvalue weighted by Crippen LogP contribution is 2.36. The summed E-state index contributed by atoms with van der Waals surface area (Å²) in [6.07, 6.45) is 0. The van der Waals surface area contributed by atoms with Gasteiger partial charge in [0.15, 0.2) is 0 Å². The first-order valence-corrected chi connectivity index (χ1v) is 10.4. The van der Waals surface area contributed by atoms with E-state index < -0.39 is 57.1 Å². The summed E-state index contributed by atoms with van der Waals surface area (Å²) in [6.45, 7) is 0. The number of urea groups is 1. The van der Waals surface area contributed by atoms with Crippen molar-refractivity contribution >= 4 is 37.5 Å². The van der Waals surface area contributed by atoms with E-state index in [4.69, 9.17) is 0 Å². The molecule has 0 heterocycles. The fourth-order valence-corrected chi connectivity index (χ4v) is 3.96. The van der Waals surface area contributed by atoms with E-state index in [0.717, 1.165) is 24.3 Å². The lowest BCUT2D eigenvalue weighted by atomic mass is 10.3. The zero-order valence-electron chi connectivity index (χ0n) is 14.3. The van der Waals surface area contributed by atoms with Gasteiger partial charge in [0.25, 0.3) is 0 Å². The molecule has 164 valence electrons. The quantitative estimate of drug-likeness (QED) is 0.626. The van der Waals surface area contributed by atoms with Crippen LogP contribution >= 0.6 is 0 Å². The van der Waals surface area contributed by atoms with Gasteiger partial charge in [-0.1, -0.05) is 36.4 Å². The standard InChI is InChI=1S/C15H10F6N2O5S2/c16-14(17,18)29(25,26)22(11-7-3-1-4-8-11)13(24)23(12-9-5-2-6-10-12)30(27,28)15(19,20)21/h1-10H. The highest BCUT2D eigenvalue weighted by Gasteiger charge is 2.58. The van der Waals surface area contributed by atoms with E-state index in [2.05, 4.69) is 0 Å². The third-order valence-corrected chi connectivity index (χ3v) is 6.26. The highest BCUT2D eigenvalue weighted by atomic mass is 32.2. The largest absolute Gasteiger partial charge is 0.517 e. The zero-order chi connectivity index (χ0) is 23.0. The summed E-state index contributed by atoms with van der Waals surface area (Å²) < 4.78 is 125. The Hall–Kier alpha value is -2.81. The SMILES string of the molecule is O=C(N(c1ccccc1)S(=O)(=O)C(F)(F)F)N(c1ccccc1)S(=O)(=O)C(F)(F)F. The molecule has 0 atom stereocenters. The predicted octanol–water partition coefficient (Wildman–Crippen LogP) is 3.82. The summed E-state index contributed by atoms with van der Waals surface area (Å²) in [6, 6.07) is 6.46. The van der Waals surface area contributed by atoms with Gasteiger partial charge in [0.05, 0.1) is 11.4 Å². The summed E-state index contributed by atoms with van der Waals surface area (Å²) in [5, 5.41) is 0. The molecule has 0 saturated heterocycles. The Morgan fingerprint density at radius 1 is 0.600 bits per heavy atom. The minimum absolute atomic E-state index is 0.671. The number of carbonyl (C=O) groups is 1. The van der Waals surface area contributed by atoms with Crippen molar-refractivity contribution in [1.82, 2.24) is 0 Å². The van der Waals surface area contributed by atoms with Crippen molar-refractivity contribution in [1.29, 1.82) is 0 Å². The normalized spacial score (nSPS) is 13.0. The van der Waals surface area contributed by atoms with Crippen LogP contribution in [0.25, 0.3) is 0 Å². The Balaban J connectivity index is 2.83. The zero-order valence-corrected chi connectivity index (χ0v) is 15.9. The van der Waals surface area contributed by atoms with E-state index in [9.17, 15) is 48.0 Å². The van der Waals surface area contributed by atoms with E-state index in [0.29, 0.717) is 24.3 Å². The maximum absolute atomic E-state index is 13.2. The topological polar surface area (TPSA) is 91.8 Å². The molecular weight excluding hydrogens is 466 g/mol. The molecule has 0 aromatic heterocycles. The van der Waals surface area contributed by atoms with Gasteiger partial charge in [0.1, 0.15) is 0 Å². The summed E-state index contributed by atoms with van der Waals surface area (Å²) in [7, 11) is -13.3. The van der Waals surface area contributed by atoms with Crippen molar-refractivity contribution in [3.05, 3.63) is 60.7 Å². The Morgan fingerprint density at radius 3 is 1.10 bits per heavy atom. The first-order chi connectivity index (χ1) is 13.6. The number of para-hydroxylation sites is 2. The number of halogens is 6. The number of hydrogen-bond acceptors (Lipinski definition) is 5. The van der Waals surface area contributed by atoms with Crippen LogP contribution in [0.5, 0.6) is 0 Å². The van der Waals surface area contributed by atoms with Crippen LogP contribution in [0.1, 0.15) is 0 Å². The number of alkyl halides is 6. The number of benzene rings is 2. The van der Waals surface area contributed by atoms with Gasteiger partial charge in [0, 0.05) is 0 Å². The minimum Gasteiger partial charge on any atom is -0.245 e. The minimum atomic E-state index is -6.64. The van der Waals surface area contributed by atoms with Crippen LogP contribution in [-0.2, 0) is 20.0 Å². The molecule has 0 fully saturated rings. The third kappa shape index (κ3) is 4.21. The molecule has 0 bridgehead atoms. The van der Waals surface area contributed by atoms with Gasteiger partial charge < -0.3 is 0 Å². The molecule has 0 unspecified atom stereocenters. The molecule has 2 amide bonds. The average molecular weight is 476 g/mol. The molecule has 0 N–H and O–H groups in total. The van der Waals surface area contributed by atoms with Crippen LogP contribution in [0.4, 0.5) is 42.5 Å². The van der Waals surface area contributed by atoms with Gasteiger partial charge in [-0.3, -0.25) is 0 Å². The van der Waals surface area contributed by atoms with E-state index in [1.54, 1.807) is 0 Å². The number of anilines is 2. The Morgan fingerprint density at radius 2 is 0.867 bits per heavy atom. The van der Waals surface area contributed by atoms with Crippen molar-refractivity contribution in [2.75, 3.05) is 8.61 Å². The van der Waals surface area contributed by atoms with Gasteiger partial charge in [-0.05, 0) is 24.3 Å². The molecule has 0 aliphatic rings. The van der Waals surface area contributed by atoms with Crippen molar-refractivity contribution in [2.45, 2.75) is 11.0 Å². The van der Waals surface area contributed by atoms with Gasteiger partial charge >= 0.3 is 37.1 Å². The van der Waals surface area contributed by atoms with Crippen LogP contribution < -0.4 is 8.61 Å². The fraction of sp³-hybridized carbons (Fsp3) is 0.133. The molecule has 0 spiro atoms. The van der Waals surface area contributed by atoms with Crippen LogP contribution in [0.3, 0.4) is 0 Å². The van der Waals surface area contributed by atoms with Gasteiger partial charge in [-0.15, -0.1) is 0 Å². The Labute approximate surface area is 166 Å². The maximum Gasteiger partial charge on any atom is 0.517 e. The molecular formula is C15H10F6N2O5S2. The molecule has 2 rings (SSSR count). The molecule has 15 heteroatoms. The van der Waals surface area contributed by atoms with Crippen molar-refractivity contribution < 1.29 is 48.0 Å².